The third-order valence-electron chi connectivity index (χ3n) is 2.14. The number of rotatable bonds is 3. The summed E-state index contributed by atoms with van der Waals surface area (Å²) in [5.74, 6) is 1.47. The molecule has 0 bridgehead atoms. The molecule has 0 N–H and O–H groups in total. The summed E-state index contributed by atoms with van der Waals surface area (Å²) in [6.07, 6.45) is 0. The quantitative estimate of drug-likeness (QED) is 0.794. The Labute approximate surface area is 98.6 Å². The zero-order valence-corrected chi connectivity index (χ0v) is 11.1. The Morgan fingerprint density at radius 3 is 2.60 bits per heavy atom. The number of carbonyl (C=O) groups is 1. The van der Waals surface area contributed by atoms with E-state index in [2.05, 4.69) is 15.9 Å². The van der Waals surface area contributed by atoms with Crippen molar-refractivity contribution in [3.63, 3.8) is 0 Å². The van der Waals surface area contributed by atoms with E-state index in [9.17, 15) is 4.79 Å². The van der Waals surface area contributed by atoms with Crippen LogP contribution in [0.5, 0.6) is 0 Å². The molecule has 3 nitrogen and oxygen atoms in total. The van der Waals surface area contributed by atoms with Gasteiger partial charge in [-0.3, -0.25) is 4.79 Å². The number of alkyl halides is 1. The fraction of sp³-hybridized carbons (Fsp3) is 0.545. The monoisotopic (exact) mass is 273 g/mol. The van der Waals surface area contributed by atoms with Crippen molar-refractivity contribution in [2.45, 2.75) is 25.6 Å². The first-order chi connectivity index (χ1) is 6.91. The van der Waals surface area contributed by atoms with Crippen LogP contribution in [0.1, 0.15) is 28.8 Å². The van der Waals surface area contributed by atoms with Gasteiger partial charge < -0.3 is 9.32 Å². The van der Waals surface area contributed by atoms with E-state index in [0.717, 1.165) is 5.76 Å². The summed E-state index contributed by atoms with van der Waals surface area (Å²) in [5, 5.41) is 0. The molecule has 0 aliphatic rings. The van der Waals surface area contributed by atoms with Crippen molar-refractivity contribution >= 4 is 21.8 Å². The fourth-order valence-corrected chi connectivity index (χ4v) is 1.94. The van der Waals surface area contributed by atoms with Crippen LogP contribution in [0.15, 0.2) is 10.5 Å². The van der Waals surface area contributed by atoms with Crippen molar-refractivity contribution in [3.05, 3.63) is 23.2 Å². The molecule has 84 valence electrons. The molecule has 1 rings (SSSR count). The second kappa shape index (κ2) is 4.84. The summed E-state index contributed by atoms with van der Waals surface area (Å²) in [6, 6.07) is 1.78. The van der Waals surface area contributed by atoms with Gasteiger partial charge in [-0.15, -0.1) is 0 Å². The number of carbonyl (C=O) groups excluding carboxylic acids is 1. The first-order valence-corrected chi connectivity index (χ1v) is 5.80. The van der Waals surface area contributed by atoms with Gasteiger partial charge in [-0.1, -0.05) is 22.9 Å². The first-order valence-electron chi connectivity index (χ1n) is 4.88. The van der Waals surface area contributed by atoms with Crippen molar-refractivity contribution in [2.24, 2.45) is 0 Å². The second-order valence-corrected chi connectivity index (χ2v) is 5.36. The maximum atomic E-state index is 12.0. The Hall–Kier alpha value is -0.770. The molecule has 0 spiro atoms. The Bertz CT molecular complexity index is 357. The van der Waals surface area contributed by atoms with Crippen LogP contribution in [0, 0.1) is 13.8 Å². The molecule has 1 amide bonds. The molecule has 0 fully saturated rings. The number of furan rings is 1. The molecule has 0 radical (unpaired) electrons. The molecule has 0 saturated heterocycles. The minimum absolute atomic E-state index is 0.00986. The number of aryl methyl sites for hydroxylation is 2. The van der Waals surface area contributed by atoms with Crippen molar-refractivity contribution in [3.8, 4) is 0 Å². The van der Waals surface area contributed by atoms with Crippen molar-refractivity contribution < 1.29 is 9.21 Å². The van der Waals surface area contributed by atoms with E-state index in [1.165, 1.54) is 0 Å². The average molecular weight is 274 g/mol. The molecule has 0 aromatic carbocycles. The minimum atomic E-state index is 0.00986. The zero-order chi connectivity index (χ0) is 11.6. The third-order valence-corrected chi connectivity index (χ3v) is 2.43. The average Bonchev–Trinajstić information content (AvgIpc) is 2.42. The summed E-state index contributed by atoms with van der Waals surface area (Å²) >= 11 is 3.42. The molecule has 4 heteroatoms. The van der Waals surface area contributed by atoms with Crippen molar-refractivity contribution in [2.75, 3.05) is 13.6 Å². The highest BCUT2D eigenvalue weighted by Gasteiger charge is 2.18. The van der Waals surface area contributed by atoms with E-state index in [-0.39, 0.29) is 5.91 Å². The first kappa shape index (κ1) is 12.3. The lowest BCUT2D eigenvalue weighted by Crippen LogP contribution is -2.31. The normalized spacial score (nSPS) is 12.6. The smallest absolute Gasteiger partial charge is 0.257 e. The largest absolute Gasteiger partial charge is 0.466 e. The Morgan fingerprint density at radius 2 is 2.20 bits per heavy atom. The SMILES string of the molecule is Cc1cc(C(=O)N(C)CC(C)Br)c(C)o1. The predicted molar refractivity (Wildman–Crippen MR) is 63.5 cm³/mol. The van der Waals surface area contributed by atoms with Crippen LogP contribution in [-0.4, -0.2) is 29.2 Å². The summed E-state index contributed by atoms with van der Waals surface area (Å²) in [4.78, 5) is 13.9. The highest BCUT2D eigenvalue weighted by Crippen LogP contribution is 2.16. The number of hydrogen-bond donors (Lipinski definition) is 0. The van der Waals surface area contributed by atoms with Gasteiger partial charge >= 0.3 is 0 Å². The van der Waals surface area contributed by atoms with Crippen LogP contribution in [0.2, 0.25) is 0 Å². The third kappa shape index (κ3) is 3.09. The maximum Gasteiger partial charge on any atom is 0.257 e. The van der Waals surface area contributed by atoms with Gasteiger partial charge in [-0.05, 0) is 19.9 Å². The molecule has 0 saturated carbocycles. The highest BCUT2D eigenvalue weighted by atomic mass is 79.9. The molecule has 0 aliphatic heterocycles. The lowest BCUT2D eigenvalue weighted by molar-refractivity contribution is 0.0795. The van der Waals surface area contributed by atoms with Gasteiger partial charge in [0.2, 0.25) is 0 Å². The van der Waals surface area contributed by atoms with Crippen LogP contribution in [0.3, 0.4) is 0 Å². The zero-order valence-electron chi connectivity index (χ0n) is 9.50. The van der Waals surface area contributed by atoms with E-state index >= 15 is 0 Å². The molecule has 1 atom stereocenters. The van der Waals surface area contributed by atoms with E-state index in [4.69, 9.17) is 4.42 Å². The van der Waals surface area contributed by atoms with Gasteiger partial charge in [0.15, 0.2) is 0 Å². The maximum absolute atomic E-state index is 12.0. The summed E-state index contributed by atoms with van der Waals surface area (Å²) in [6.45, 7) is 6.35. The lowest BCUT2D eigenvalue weighted by Gasteiger charge is -2.17. The number of amides is 1. The summed E-state index contributed by atoms with van der Waals surface area (Å²) < 4.78 is 5.33. The van der Waals surface area contributed by atoms with Gasteiger partial charge in [0, 0.05) is 18.4 Å². The number of nitrogens with zero attached hydrogens (tertiary/aromatic N) is 1. The van der Waals surface area contributed by atoms with Crippen molar-refractivity contribution in [1.82, 2.24) is 4.90 Å². The Kier molecular flexibility index (Phi) is 3.97. The lowest BCUT2D eigenvalue weighted by atomic mass is 10.2. The van der Waals surface area contributed by atoms with Crippen LogP contribution < -0.4 is 0 Å². The Balaban J connectivity index is 2.80. The summed E-state index contributed by atoms with van der Waals surface area (Å²) in [5.41, 5.74) is 0.656. The minimum Gasteiger partial charge on any atom is -0.466 e. The topological polar surface area (TPSA) is 33.5 Å². The summed E-state index contributed by atoms with van der Waals surface area (Å²) in [7, 11) is 1.79. The van der Waals surface area contributed by atoms with Gasteiger partial charge in [-0.25, -0.2) is 0 Å². The van der Waals surface area contributed by atoms with E-state index in [0.29, 0.717) is 22.7 Å². The van der Waals surface area contributed by atoms with Crippen molar-refractivity contribution in [1.29, 1.82) is 0 Å². The van der Waals surface area contributed by atoms with Gasteiger partial charge in [0.05, 0.1) is 5.56 Å². The van der Waals surface area contributed by atoms with Gasteiger partial charge in [-0.2, -0.15) is 0 Å². The van der Waals surface area contributed by atoms with Crippen LogP contribution >= 0.6 is 15.9 Å². The number of halogens is 1. The molecular weight excluding hydrogens is 258 g/mol. The fourth-order valence-electron chi connectivity index (χ4n) is 1.51. The Morgan fingerprint density at radius 1 is 1.60 bits per heavy atom. The molecule has 15 heavy (non-hydrogen) atoms. The molecular formula is C11H16BrNO2. The van der Waals surface area contributed by atoms with Crippen LogP contribution in [-0.2, 0) is 0 Å². The van der Waals surface area contributed by atoms with Crippen LogP contribution in [0.25, 0.3) is 0 Å². The van der Waals surface area contributed by atoms with E-state index in [1.54, 1.807) is 18.0 Å². The van der Waals surface area contributed by atoms with E-state index in [1.807, 2.05) is 20.8 Å². The molecule has 0 aliphatic carbocycles. The molecule has 1 aromatic rings. The molecule has 1 unspecified atom stereocenters. The standard InChI is InChI=1S/C11H16BrNO2/c1-7(12)6-13(4)11(14)10-5-8(2)15-9(10)3/h5,7H,6H2,1-4H3. The predicted octanol–water partition coefficient (Wildman–Crippen LogP) is 2.75. The second-order valence-electron chi connectivity index (χ2n) is 3.79. The van der Waals surface area contributed by atoms with Gasteiger partial charge in [0.25, 0.3) is 5.91 Å². The molecule has 1 aromatic heterocycles. The van der Waals surface area contributed by atoms with Crippen LogP contribution in [0.4, 0.5) is 0 Å². The molecule has 1 heterocycles. The van der Waals surface area contributed by atoms with E-state index < -0.39 is 0 Å². The van der Waals surface area contributed by atoms with Gasteiger partial charge in [0.1, 0.15) is 11.5 Å². The highest BCUT2D eigenvalue weighted by molar-refractivity contribution is 9.09. The number of hydrogen-bond acceptors (Lipinski definition) is 2.